The van der Waals surface area contributed by atoms with Crippen molar-refractivity contribution in [2.75, 3.05) is 0 Å². The topological polar surface area (TPSA) is 54.5 Å². The van der Waals surface area contributed by atoms with E-state index in [1.165, 1.54) is 0 Å². The van der Waals surface area contributed by atoms with Crippen LogP contribution in [0, 0.1) is 11.3 Å². The number of rotatable bonds is 2. The molecule has 2 heterocycles. The molecule has 1 aromatic carbocycles. The van der Waals surface area contributed by atoms with Gasteiger partial charge in [-0.1, -0.05) is 30.3 Å². The monoisotopic (exact) mass is 260 g/mol. The van der Waals surface area contributed by atoms with Gasteiger partial charge in [0.25, 0.3) is 0 Å². The lowest BCUT2D eigenvalue weighted by Gasteiger charge is -2.01. The van der Waals surface area contributed by atoms with Gasteiger partial charge in [0.15, 0.2) is 11.6 Å². The lowest BCUT2D eigenvalue weighted by atomic mass is 10.1. The molecule has 3 rings (SSSR count). The highest BCUT2D eigenvalue weighted by atomic mass is 15.1. The van der Waals surface area contributed by atoms with Gasteiger partial charge in [0.2, 0.25) is 0 Å². The van der Waals surface area contributed by atoms with Crippen LogP contribution in [0.5, 0.6) is 0 Å². The van der Waals surface area contributed by atoms with E-state index in [2.05, 4.69) is 16.0 Å². The molecule has 0 saturated heterocycles. The molecule has 0 spiro atoms. The van der Waals surface area contributed by atoms with Crippen molar-refractivity contribution in [3.63, 3.8) is 0 Å². The van der Waals surface area contributed by atoms with Crippen molar-refractivity contribution in [3.8, 4) is 17.6 Å². The smallest absolute Gasteiger partial charge is 0.173 e. The Morgan fingerprint density at radius 1 is 1.15 bits per heavy atom. The van der Waals surface area contributed by atoms with Crippen molar-refractivity contribution in [2.45, 2.75) is 0 Å². The minimum atomic E-state index is 0.465. The summed E-state index contributed by atoms with van der Waals surface area (Å²) in [5.41, 5.74) is 2.22. The molecule has 4 heteroatoms. The van der Waals surface area contributed by atoms with E-state index in [4.69, 9.17) is 0 Å². The van der Waals surface area contributed by atoms with Gasteiger partial charge >= 0.3 is 0 Å². The van der Waals surface area contributed by atoms with E-state index >= 15 is 0 Å². The highest BCUT2D eigenvalue weighted by molar-refractivity contribution is 5.88. The number of fused-ring (bicyclic) bond motifs is 1. The zero-order chi connectivity index (χ0) is 13.9. The van der Waals surface area contributed by atoms with Crippen LogP contribution in [-0.2, 0) is 7.05 Å². The van der Waals surface area contributed by atoms with Gasteiger partial charge in [0.05, 0.1) is 5.57 Å². The molecule has 0 aromatic heterocycles. The van der Waals surface area contributed by atoms with Gasteiger partial charge < -0.3 is 4.57 Å². The number of allylic oxidation sites excluding steroid dienone is 1. The Morgan fingerprint density at radius 3 is 2.65 bits per heavy atom. The summed E-state index contributed by atoms with van der Waals surface area (Å²) in [7, 11) is 1.91. The number of aryl methyl sites for hydroxylation is 1. The molecular formula is C16H12N4. The molecule has 0 bridgehead atoms. The van der Waals surface area contributed by atoms with E-state index in [-0.39, 0.29) is 0 Å². The average molecular weight is 260 g/mol. The van der Waals surface area contributed by atoms with Crippen LogP contribution in [0.2, 0.25) is 0 Å². The Bertz CT molecular complexity index is 778. The van der Waals surface area contributed by atoms with Crippen molar-refractivity contribution >= 4 is 11.6 Å². The average Bonchev–Trinajstić information content (AvgIpc) is 2.91. The minimum Gasteiger partial charge on any atom is -0.334 e. The second-order valence-electron chi connectivity index (χ2n) is 4.46. The normalized spacial score (nSPS) is 11.5. The lowest BCUT2D eigenvalue weighted by molar-refractivity contribution is 0.889. The Hall–Kier alpha value is -2.93. The molecule has 96 valence electrons. The van der Waals surface area contributed by atoms with Crippen LogP contribution in [0.25, 0.3) is 23.2 Å². The predicted molar refractivity (Wildman–Crippen MR) is 77.6 cm³/mol. The molecule has 0 radical (unpaired) electrons. The second-order valence-corrected chi connectivity index (χ2v) is 4.46. The van der Waals surface area contributed by atoms with Gasteiger partial charge in [0.1, 0.15) is 11.8 Å². The molecule has 1 aromatic rings. The van der Waals surface area contributed by atoms with Gasteiger partial charge in [-0.15, -0.1) is 0 Å². The Balaban J connectivity index is 2.10. The quantitative estimate of drug-likeness (QED) is 0.665. The van der Waals surface area contributed by atoms with Crippen LogP contribution >= 0.6 is 0 Å². The third-order valence-electron chi connectivity index (χ3n) is 3.04. The first-order chi connectivity index (χ1) is 9.78. The van der Waals surface area contributed by atoms with Crippen molar-refractivity contribution in [1.29, 1.82) is 5.26 Å². The molecule has 2 aliphatic heterocycles. The maximum absolute atomic E-state index is 9.33. The molecule has 0 saturated carbocycles. The number of pyridine rings is 1. The molecule has 0 unspecified atom stereocenters. The first-order valence-corrected chi connectivity index (χ1v) is 6.24. The van der Waals surface area contributed by atoms with Crippen LogP contribution in [0.3, 0.4) is 0 Å². The summed E-state index contributed by atoms with van der Waals surface area (Å²) in [6.07, 6.45) is 3.71. The fourth-order valence-electron chi connectivity index (χ4n) is 2.04. The second kappa shape index (κ2) is 4.98. The number of benzene rings is 1. The van der Waals surface area contributed by atoms with Crippen molar-refractivity contribution in [3.05, 3.63) is 60.0 Å². The Labute approximate surface area is 117 Å². The zero-order valence-corrected chi connectivity index (χ0v) is 11.0. The first kappa shape index (κ1) is 12.1. The minimum absolute atomic E-state index is 0.465. The van der Waals surface area contributed by atoms with Crippen LogP contribution in [0.4, 0.5) is 0 Å². The summed E-state index contributed by atoms with van der Waals surface area (Å²) in [6.45, 7) is 0. The summed E-state index contributed by atoms with van der Waals surface area (Å²) in [5, 5.41) is 9.33. The van der Waals surface area contributed by atoms with E-state index in [1.54, 1.807) is 6.08 Å². The van der Waals surface area contributed by atoms with Crippen molar-refractivity contribution in [1.82, 2.24) is 14.5 Å². The number of aromatic nitrogens is 3. The molecule has 4 nitrogen and oxygen atoms in total. The first-order valence-electron chi connectivity index (χ1n) is 6.24. The van der Waals surface area contributed by atoms with E-state index in [1.807, 2.05) is 60.3 Å². The fraction of sp³-hybridized carbons (Fsp3) is 0.0625. The van der Waals surface area contributed by atoms with Crippen LogP contribution in [0.15, 0.2) is 48.7 Å². The van der Waals surface area contributed by atoms with Crippen LogP contribution in [0.1, 0.15) is 11.4 Å². The van der Waals surface area contributed by atoms with Crippen molar-refractivity contribution in [2.24, 2.45) is 7.05 Å². The molecule has 0 amide bonds. The molecule has 2 aliphatic rings. The van der Waals surface area contributed by atoms with Gasteiger partial charge in [-0.25, -0.2) is 9.97 Å². The summed E-state index contributed by atoms with van der Waals surface area (Å²) < 4.78 is 1.89. The number of hydrogen-bond donors (Lipinski definition) is 0. The third-order valence-corrected chi connectivity index (χ3v) is 3.04. The summed E-state index contributed by atoms with van der Waals surface area (Å²) in [6, 6.07) is 15.7. The van der Waals surface area contributed by atoms with Crippen molar-refractivity contribution < 1.29 is 0 Å². The number of nitriles is 1. The summed E-state index contributed by atoms with van der Waals surface area (Å²) in [4.78, 5) is 8.86. The molecular weight excluding hydrogens is 248 g/mol. The highest BCUT2D eigenvalue weighted by Gasteiger charge is 2.15. The number of nitrogens with zero attached hydrogens (tertiary/aromatic N) is 4. The van der Waals surface area contributed by atoms with E-state index in [0.29, 0.717) is 11.4 Å². The lowest BCUT2D eigenvalue weighted by Crippen LogP contribution is -1.95. The van der Waals surface area contributed by atoms with Crippen LogP contribution < -0.4 is 0 Å². The molecule has 0 atom stereocenters. The molecule has 0 fully saturated rings. The summed E-state index contributed by atoms with van der Waals surface area (Å²) in [5.74, 6) is 1.24. The number of imidazole rings is 1. The number of hydrogen-bond acceptors (Lipinski definition) is 3. The van der Waals surface area contributed by atoms with Gasteiger partial charge in [-0.3, -0.25) is 0 Å². The van der Waals surface area contributed by atoms with Gasteiger partial charge in [-0.05, 0) is 23.8 Å². The highest BCUT2D eigenvalue weighted by Crippen LogP contribution is 2.22. The zero-order valence-electron chi connectivity index (χ0n) is 11.0. The standard InChI is InChI=1S/C16H12N4/c1-20-9-5-8-14-16(20)19-15(18-14)13(11-17)10-12-6-3-2-4-7-12/h2-10H,1H3/b13-10-. The van der Waals surface area contributed by atoms with Gasteiger partial charge in [-0.2, -0.15) is 5.26 Å². The van der Waals surface area contributed by atoms with E-state index in [0.717, 1.165) is 17.1 Å². The van der Waals surface area contributed by atoms with Crippen LogP contribution in [-0.4, -0.2) is 14.5 Å². The SMILES string of the molecule is Cn1cccc2nc(/C(C#N)=C\c3ccccc3)nc1-2. The maximum atomic E-state index is 9.33. The van der Waals surface area contributed by atoms with E-state index in [9.17, 15) is 5.26 Å². The third kappa shape index (κ3) is 2.17. The largest absolute Gasteiger partial charge is 0.334 e. The van der Waals surface area contributed by atoms with E-state index < -0.39 is 0 Å². The Morgan fingerprint density at radius 2 is 1.95 bits per heavy atom. The van der Waals surface area contributed by atoms with Gasteiger partial charge in [0, 0.05) is 13.2 Å². The molecule has 20 heavy (non-hydrogen) atoms. The fourth-order valence-corrected chi connectivity index (χ4v) is 2.04. The maximum Gasteiger partial charge on any atom is 0.173 e. The Kier molecular flexibility index (Phi) is 3.02. The summed E-state index contributed by atoms with van der Waals surface area (Å²) >= 11 is 0. The molecule has 0 aliphatic carbocycles. The predicted octanol–water partition coefficient (Wildman–Crippen LogP) is 2.98. The molecule has 0 N–H and O–H groups in total.